The quantitative estimate of drug-likeness (QED) is 0.843. The number of methoxy groups -OCH3 is 3. The molecule has 0 aliphatic carbocycles. The van der Waals surface area contributed by atoms with Crippen molar-refractivity contribution in [2.24, 2.45) is 5.73 Å². The van der Waals surface area contributed by atoms with E-state index in [0.29, 0.717) is 41.9 Å². The van der Waals surface area contributed by atoms with Crippen molar-refractivity contribution in [1.82, 2.24) is 4.98 Å². The second-order valence-electron chi connectivity index (χ2n) is 4.39. The summed E-state index contributed by atoms with van der Waals surface area (Å²) in [6.07, 6.45) is 3.23. The third-order valence-corrected chi connectivity index (χ3v) is 3.12. The number of nitrogens with zero attached hydrogens (tertiary/aromatic N) is 1. The molecule has 0 saturated heterocycles. The van der Waals surface area contributed by atoms with E-state index < -0.39 is 0 Å². The van der Waals surface area contributed by atoms with Crippen LogP contribution in [0.4, 0.5) is 0 Å². The van der Waals surface area contributed by atoms with Crippen LogP contribution in [0.5, 0.6) is 17.2 Å². The van der Waals surface area contributed by atoms with Gasteiger partial charge in [0.15, 0.2) is 23.1 Å². The third-order valence-electron chi connectivity index (χ3n) is 3.12. The smallest absolute Gasteiger partial charge is 0.204 e. The van der Waals surface area contributed by atoms with Gasteiger partial charge < -0.3 is 24.4 Å². The molecule has 0 atom stereocenters. The average Bonchev–Trinajstić information content (AvgIpc) is 2.99. The van der Waals surface area contributed by atoms with Crippen LogP contribution in [0.1, 0.15) is 12.3 Å². The van der Waals surface area contributed by atoms with Gasteiger partial charge >= 0.3 is 0 Å². The van der Waals surface area contributed by atoms with E-state index in [9.17, 15) is 0 Å². The summed E-state index contributed by atoms with van der Waals surface area (Å²) < 4.78 is 21.8. The van der Waals surface area contributed by atoms with Gasteiger partial charge in [0.2, 0.25) is 5.75 Å². The molecular weight excluding hydrogens is 272 g/mol. The first-order chi connectivity index (χ1) is 10.2. The lowest BCUT2D eigenvalue weighted by Gasteiger charge is -2.14. The number of hydrogen-bond acceptors (Lipinski definition) is 6. The molecule has 6 heteroatoms. The van der Waals surface area contributed by atoms with Crippen molar-refractivity contribution in [1.29, 1.82) is 0 Å². The van der Waals surface area contributed by atoms with Gasteiger partial charge in [0, 0.05) is 6.42 Å². The first kappa shape index (κ1) is 15.2. The highest BCUT2D eigenvalue weighted by Crippen LogP contribution is 2.44. The maximum absolute atomic E-state index is 5.74. The minimum Gasteiger partial charge on any atom is -0.493 e. The molecule has 6 nitrogen and oxygen atoms in total. The molecule has 0 bridgehead atoms. The minimum atomic E-state index is 0.525. The summed E-state index contributed by atoms with van der Waals surface area (Å²) in [4.78, 5) is 4.25. The van der Waals surface area contributed by atoms with Crippen molar-refractivity contribution in [3.8, 4) is 28.6 Å². The van der Waals surface area contributed by atoms with E-state index in [1.807, 2.05) is 6.07 Å². The molecule has 0 aliphatic heterocycles. The molecule has 0 saturated carbocycles. The number of aromatic nitrogens is 1. The Morgan fingerprint density at radius 1 is 1.10 bits per heavy atom. The first-order valence-corrected chi connectivity index (χ1v) is 6.69. The van der Waals surface area contributed by atoms with Crippen molar-refractivity contribution in [2.75, 3.05) is 27.9 Å². The SMILES string of the molecule is COc1ccc(-c2cnc(CCCN)o2)c(OC)c1OC. The summed E-state index contributed by atoms with van der Waals surface area (Å²) >= 11 is 0. The van der Waals surface area contributed by atoms with Crippen molar-refractivity contribution >= 4 is 0 Å². The zero-order chi connectivity index (χ0) is 15.2. The molecule has 0 radical (unpaired) electrons. The lowest BCUT2D eigenvalue weighted by atomic mass is 10.1. The molecule has 0 aliphatic rings. The maximum Gasteiger partial charge on any atom is 0.204 e. The van der Waals surface area contributed by atoms with Gasteiger partial charge in [-0.3, -0.25) is 0 Å². The number of oxazole rings is 1. The minimum absolute atomic E-state index is 0.525. The van der Waals surface area contributed by atoms with E-state index in [1.165, 1.54) is 0 Å². The van der Waals surface area contributed by atoms with E-state index in [0.717, 1.165) is 12.0 Å². The lowest BCUT2D eigenvalue weighted by molar-refractivity contribution is 0.324. The molecule has 1 aromatic heterocycles. The highest BCUT2D eigenvalue weighted by atomic mass is 16.5. The van der Waals surface area contributed by atoms with Gasteiger partial charge in [-0.05, 0) is 25.1 Å². The van der Waals surface area contributed by atoms with Crippen LogP contribution in [-0.4, -0.2) is 32.9 Å². The lowest BCUT2D eigenvalue weighted by Crippen LogP contribution is -2.00. The molecule has 2 aromatic rings. The Hall–Kier alpha value is -2.21. The Morgan fingerprint density at radius 2 is 1.86 bits per heavy atom. The molecule has 114 valence electrons. The highest BCUT2D eigenvalue weighted by Gasteiger charge is 2.19. The van der Waals surface area contributed by atoms with Gasteiger partial charge in [-0.15, -0.1) is 0 Å². The van der Waals surface area contributed by atoms with Crippen LogP contribution in [0.25, 0.3) is 11.3 Å². The topological polar surface area (TPSA) is 79.7 Å². The molecular formula is C15H20N2O4. The summed E-state index contributed by atoms with van der Waals surface area (Å²) in [6.45, 7) is 0.609. The number of rotatable bonds is 7. The van der Waals surface area contributed by atoms with Gasteiger partial charge in [-0.2, -0.15) is 0 Å². The number of ether oxygens (including phenoxy) is 3. The van der Waals surface area contributed by atoms with Crippen LogP contribution in [0.15, 0.2) is 22.7 Å². The Labute approximate surface area is 123 Å². The Bertz CT molecular complexity index is 595. The Kier molecular flexibility index (Phi) is 5.05. The van der Waals surface area contributed by atoms with Crippen LogP contribution in [-0.2, 0) is 6.42 Å². The molecule has 1 heterocycles. The fraction of sp³-hybridized carbons (Fsp3) is 0.400. The Balaban J connectivity index is 2.41. The van der Waals surface area contributed by atoms with Crippen molar-refractivity contribution in [3.05, 3.63) is 24.2 Å². The van der Waals surface area contributed by atoms with Crippen LogP contribution < -0.4 is 19.9 Å². The molecule has 2 N–H and O–H groups in total. The fourth-order valence-electron chi connectivity index (χ4n) is 2.10. The van der Waals surface area contributed by atoms with E-state index in [2.05, 4.69) is 4.98 Å². The molecule has 0 amide bonds. The van der Waals surface area contributed by atoms with Crippen molar-refractivity contribution in [2.45, 2.75) is 12.8 Å². The second-order valence-corrected chi connectivity index (χ2v) is 4.39. The largest absolute Gasteiger partial charge is 0.493 e. The maximum atomic E-state index is 5.74. The van der Waals surface area contributed by atoms with E-state index >= 15 is 0 Å². The summed E-state index contributed by atoms with van der Waals surface area (Å²) in [5, 5.41) is 0. The monoisotopic (exact) mass is 292 g/mol. The summed E-state index contributed by atoms with van der Waals surface area (Å²) in [7, 11) is 4.72. The molecule has 0 fully saturated rings. The average molecular weight is 292 g/mol. The van der Waals surface area contributed by atoms with Gasteiger partial charge in [0.1, 0.15) is 0 Å². The standard InChI is InChI=1S/C15H20N2O4/c1-18-11-7-6-10(14(19-2)15(11)20-3)12-9-17-13(21-12)5-4-8-16/h6-7,9H,4-5,8,16H2,1-3H3. The number of benzene rings is 1. The number of nitrogens with two attached hydrogens (primary N) is 1. The molecule has 0 unspecified atom stereocenters. The van der Waals surface area contributed by atoms with Crippen molar-refractivity contribution in [3.63, 3.8) is 0 Å². The number of hydrogen-bond donors (Lipinski definition) is 1. The highest BCUT2D eigenvalue weighted by molar-refractivity contribution is 5.72. The fourth-order valence-corrected chi connectivity index (χ4v) is 2.10. The van der Waals surface area contributed by atoms with Gasteiger partial charge in [0.05, 0.1) is 33.1 Å². The molecule has 0 spiro atoms. The summed E-state index contributed by atoms with van der Waals surface area (Å²) in [5.41, 5.74) is 6.26. The normalized spacial score (nSPS) is 10.5. The molecule has 1 aromatic carbocycles. The van der Waals surface area contributed by atoms with E-state index in [-0.39, 0.29) is 0 Å². The third kappa shape index (κ3) is 3.11. The van der Waals surface area contributed by atoms with E-state index in [4.69, 9.17) is 24.4 Å². The zero-order valence-corrected chi connectivity index (χ0v) is 12.5. The summed E-state index contributed by atoms with van der Waals surface area (Å²) in [6, 6.07) is 3.66. The predicted octanol–water partition coefficient (Wildman–Crippen LogP) is 2.26. The van der Waals surface area contributed by atoms with Crippen LogP contribution in [0.2, 0.25) is 0 Å². The van der Waals surface area contributed by atoms with E-state index in [1.54, 1.807) is 33.6 Å². The molecule has 21 heavy (non-hydrogen) atoms. The zero-order valence-electron chi connectivity index (χ0n) is 12.5. The summed E-state index contributed by atoms with van der Waals surface area (Å²) in [5.74, 6) is 2.96. The number of aryl methyl sites for hydroxylation is 1. The Morgan fingerprint density at radius 3 is 2.48 bits per heavy atom. The van der Waals surface area contributed by atoms with Crippen LogP contribution in [0.3, 0.4) is 0 Å². The van der Waals surface area contributed by atoms with Crippen molar-refractivity contribution < 1.29 is 18.6 Å². The predicted molar refractivity (Wildman–Crippen MR) is 79.0 cm³/mol. The first-order valence-electron chi connectivity index (χ1n) is 6.69. The van der Waals surface area contributed by atoms with Gasteiger partial charge in [-0.25, -0.2) is 4.98 Å². The second kappa shape index (κ2) is 6.99. The van der Waals surface area contributed by atoms with Crippen LogP contribution in [0, 0.1) is 0 Å². The van der Waals surface area contributed by atoms with Gasteiger partial charge in [0.25, 0.3) is 0 Å². The molecule has 2 rings (SSSR count). The van der Waals surface area contributed by atoms with Gasteiger partial charge in [-0.1, -0.05) is 0 Å². The van der Waals surface area contributed by atoms with Crippen LogP contribution >= 0.6 is 0 Å².